The molecule has 0 amide bonds. The summed E-state index contributed by atoms with van der Waals surface area (Å²) in [5.41, 5.74) is 3.38. The molecule has 0 fully saturated rings. The highest BCUT2D eigenvalue weighted by Gasteiger charge is 2.41. The average molecular weight is 361 g/mol. The lowest BCUT2D eigenvalue weighted by atomic mass is 9.57. The van der Waals surface area contributed by atoms with Gasteiger partial charge in [-0.25, -0.2) is 0 Å². The smallest absolute Gasteiger partial charge is 0.0106 e. The maximum absolute atomic E-state index is 2.43. The van der Waals surface area contributed by atoms with Gasteiger partial charge in [-0.1, -0.05) is 100.0 Å². The van der Waals surface area contributed by atoms with E-state index < -0.39 is 0 Å². The van der Waals surface area contributed by atoms with Crippen LogP contribution in [0.15, 0.2) is 23.8 Å². The van der Waals surface area contributed by atoms with Crippen LogP contribution < -0.4 is 0 Å². The SMILES string of the molecule is CC1=CCCC(C)(C)C1C(C)(C)C.CC1C=CCC(C)(C)C1C(C)(C)C. The first kappa shape index (κ1) is 23.5. The highest BCUT2D eigenvalue weighted by Crippen LogP contribution is 2.50. The molecule has 0 saturated heterocycles. The lowest BCUT2D eigenvalue weighted by Gasteiger charge is -2.47. The molecule has 0 N–H and O–H groups in total. The van der Waals surface area contributed by atoms with E-state index in [-0.39, 0.29) is 0 Å². The lowest BCUT2D eigenvalue weighted by molar-refractivity contribution is 0.0478. The monoisotopic (exact) mass is 360 g/mol. The zero-order valence-corrected chi connectivity index (χ0v) is 20.1. The largest absolute Gasteiger partial charge is 0.0877 e. The van der Waals surface area contributed by atoms with Gasteiger partial charge in [0, 0.05) is 0 Å². The van der Waals surface area contributed by atoms with Gasteiger partial charge in [0.25, 0.3) is 0 Å². The fraction of sp³-hybridized carbons (Fsp3) is 0.846. The second-order valence-electron chi connectivity index (χ2n) is 12.6. The van der Waals surface area contributed by atoms with Gasteiger partial charge >= 0.3 is 0 Å². The van der Waals surface area contributed by atoms with Gasteiger partial charge in [0.1, 0.15) is 0 Å². The summed E-state index contributed by atoms with van der Waals surface area (Å²) in [5.74, 6) is 2.27. The van der Waals surface area contributed by atoms with Crippen molar-refractivity contribution in [2.45, 2.75) is 102 Å². The van der Waals surface area contributed by atoms with Crippen LogP contribution in [0.2, 0.25) is 0 Å². The van der Waals surface area contributed by atoms with Crippen molar-refractivity contribution in [3.05, 3.63) is 23.8 Å². The molecule has 0 spiro atoms. The lowest BCUT2D eigenvalue weighted by Crippen LogP contribution is -2.40. The maximum atomic E-state index is 2.43. The topological polar surface area (TPSA) is 0 Å². The molecular weight excluding hydrogens is 312 g/mol. The summed E-state index contributed by atoms with van der Waals surface area (Å²) in [5, 5.41) is 0. The molecule has 3 atom stereocenters. The molecule has 2 aliphatic carbocycles. The van der Waals surface area contributed by atoms with Crippen molar-refractivity contribution in [2.75, 3.05) is 0 Å². The Morgan fingerprint density at radius 3 is 1.73 bits per heavy atom. The first-order valence-corrected chi connectivity index (χ1v) is 10.8. The predicted molar refractivity (Wildman–Crippen MR) is 119 cm³/mol. The van der Waals surface area contributed by atoms with Crippen molar-refractivity contribution in [3.63, 3.8) is 0 Å². The van der Waals surface area contributed by atoms with Crippen LogP contribution in [0.3, 0.4) is 0 Å². The molecule has 2 rings (SSSR count). The van der Waals surface area contributed by atoms with Crippen LogP contribution in [-0.4, -0.2) is 0 Å². The van der Waals surface area contributed by atoms with Crippen molar-refractivity contribution < 1.29 is 0 Å². The quantitative estimate of drug-likeness (QED) is 0.379. The molecule has 0 aromatic heterocycles. The second-order valence-corrected chi connectivity index (χ2v) is 12.6. The van der Waals surface area contributed by atoms with E-state index in [1.54, 1.807) is 5.57 Å². The maximum Gasteiger partial charge on any atom is -0.0106 e. The van der Waals surface area contributed by atoms with E-state index in [0.717, 1.165) is 17.8 Å². The van der Waals surface area contributed by atoms with E-state index in [9.17, 15) is 0 Å². The normalized spacial score (nSPS) is 30.9. The average Bonchev–Trinajstić information content (AvgIpc) is 2.32. The van der Waals surface area contributed by atoms with Gasteiger partial charge in [0.15, 0.2) is 0 Å². The van der Waals surface area contributed by atoms with Crippen molar-refractivity contribution in [2.24, 2.45) is 39.4 Å². The molecule has 0 saturated carbocycles. The molecule has 152 valence electrons. The molecular formula is C26H48. The molecule has 0 aromatic carbocycles. The number of rotatable bonds is 0. The van der Waals surface area contributed by atoms with Gasteiger partial charge in [0.05, 0.1) is 0 Å². The third-order valence-corrected chi connectivity index (χ3v) is 6.74. The van der Waals surface area contributed by atoms with Crippen LogP contribution >= 0.6 is 0 Å². The Balaban J connectivity index is 0.000000260. The highest BCUT2D eigenvalue weighted by molar-refractivity contribution is 5.15. The Kier molecular flexibility index (Phi) is 7.10. The van der Waals surface area contributed by atoms with Gasteiger partial charge in [-0.05, 0) is 65.6 Å². The van der Waals surface area contributed by atoms with E-state index in [2.05, 4.69) is 101 Å². The summed E-state index contributed by atoms with van der Waals surface area (Å²) in [6.45, 7) is 28.5. The number of hydrogen-bond donors (Lipinski definition) is 0. The Morgan fingerprint density at radius 2 is 1.42 bits per heavy atom. The molecule has 0 nitrogen and oxygen atoms in total. The van der Waals surface area contributed by atoms with E-state index in [1.165, 1.54) is 19.3 Å². The third kappa shape index (κ3) is 5.74. The summed E-state index contributed by atoms with van der Waals surface area (Å²) in [7, 11) is 0. The van der Waals surface area contributed by atoms with E-state index >= 15 is 0 Å². The fourth-order valence-corrected chi connectivity index (χ4v) is 6.90. The molecule has 0 bridgehead atoms. The van der Waals surface area contributed by atoms with Crippen LogP contribution in [0, 0.1) is 39.4 Å². The fourth-order valence-electron chi connectivity index (χ4n) is 6.90. The summed E-state index contributed by atoms with van der Waals surface area (Å²) >= 11 is 0. The van der Waals surface area contributed by atoms with Crippen LogP contribution in [-0.2, 0) is 0 Å². The molecule has 0 heterocycles. The minimum absolute atomic E-state index is 0.407. The summed E-state index contributed by atoms with van der Waals surface area (Å²) in [4.78, 5) is 0. The Morgan fingerprint density at radius 1 is 0.885 bits per heavy atom. The van der Waals surface area contributed by atoms with Crippen molar-refractivity contribution in [1.29, 1.82) is 0 Å². The first-order chi connectivity index (χ1) is 11.5. The highest BCUT2D eigenvalue weighted by atomic mass is 14.5. The van der Waals surface area contributed by atoms with Crippen LogP contribution in [0.5, 0.6) is 0 Å². The van der Waals surface area contributed by atoms with Gasteiger partial charge < -0.3 is 0 Å². The van der Waals surface area contributed by atoms with E-state index in [0.29, 0.717) is 21.7 Å². The zero-order valence-electron chi connectivity index (χ0n) is 20.1. The van der Waals surface area contributed by atoms with Crippen LogP contribution in [0.1, 0.15) is 102 Å². The second kappa shape index (κ2) is 7.84. The van der Waals surface area contributed by atoms with Gasteiger partial charge in [0.2, 0.25) is 0 Å². The first-order valence-electron chi connectivity index (χ1n) is 10.8. The van der Waals surface area contributed by atoms with Gasteiger partial charge in [-0.15, -0.1) is 0 Å². The predicted octanol–water partition coefficient (Wildman–Crippen LogP) is 8.69. The summed E-state index contributed by atoms with van der Waals surface area (Å²) in [6, 6.07) is 0. The Hall–Kier alpha value is -0.520. The van der Waals surface area contributed by atoms with Crippen molar-refractivity contribution in [1.82, 2.24) is 0 Å². The molecule has 0 heteroatoms. The van der Waals surface area contributed by atoms with Crippen molar-refractivity contribution in [3.8, 4) is 0 Å². The third-order valence-electron chi connectivity index (χ3n) is 6.74. The molecule has 3 unspecified atom stereocenters. The summed E-state index contributed by atoms with van der Waals surface area (Å²) in [6.07, 6.45) is 11.0. The van der Waals surface area contributed by atoms with Crippen molar-refractivity contribution >= 4 is 0 Å². The minimum Gasteiger partial charge on any atom is -0.0877 e. The van der Waals surface area contributed by atoms with E-state index in [1.807, 2.05) is 0 Å². The van der Waals surface area contributed by atoms with Gasteiger partial charge in [-0.3, -0.25) is 0 Å². The minimum atomic E-state index is 0.407. The molecule has 26 heavy (non-hydrogen) atoms. The van der Waals surface area contributed by atoms with Crippen LogP contribution in [0.4, 0.5) is 0 Å². The zero-order chi connectivity index (χ0) is 20.6. The molecule has 0 radical (unpaired) electrons. The Labute approximate surface area is 165 Å². The molecule has 0 aliphatic heterocycles. The van der Waals surface area contributed by atoms with E-state index in [4.69, 9.17) is 0 Å². The van der Waals surface area contributed by atoms with Gasteiger partial charge in [-0.2, -0.15) is 0 Å². The standard InChI is InChI=1S/2C13H24/c2*1-10-8-7-9-13(5,6)11(10)12(2,3)4/h8,11H,7,9H2,1-6H3;7-8,10-11H,9H2,1-6H3. The summed E-state index contributed by atoms with van der Waals surface area (Å²) < 4.78 is 0. The molecule has 2 aliphatic rings. The van der Waals surface area contributed by atoms with Crippen LogP contribution in [0.25, 0.3) is 0 Å². The Bertz CT molecular complexity index is 511. The molecule has 0 aromatic rings. The number of allylic oxidation sites excluding steroid dienone is 4. The number of hydrogen-bond acceptors (Lipinski definition) is 0.